The van der Waals surface area contributed by atoms with Crippen molar-refractivity contribution in [3.8, 4) is 16.9 Å². The molecule has 0 amide bonds. The first-order valence-corrected chi connectivity index (χ1v) is 9.40. The van der Waals surface area contributed by atoms with Crippen molar-refractivity contribution in [1.29, 1.82) is 0 Å². The van der Waals surface area contributed by atoms with Crippen LogP contribution < -0.4 is 10.9 Å². The van der Waals surface area contributed by atoms with Crippen molar-refractivity contribution in [2.24, 2.45) is 10.9 Å². The standard InChI is InChI=1S/C16H15BrN4O2S/c17-15-10-20-21(13-5-7-14(8-6-13)24(19,22)23)16(15)12-3-1-11(9-18)2-4-12/h1-8,10H,9,18H2,(H2,19,22,23). The predicted molar refractivity (Wildman–Crippen MR) is 96.0 cm³/mol. The van der Waals surface area contributed by atoms with Gasteiger partial charge in [-0.25, -0.2) is 18.2 Å². The summed E-state index contributed by atoms with van der Waals surface area (Å²) in [5.74, 6) is 0. The van der Waals surface area contributed by atoms with E-state index in [2.05, 4.69) is 21.0 Å². The molecule has 0 spiro atoms. The average Bonchev–Trinajstić information content (AvgIpc) is 2.96. The Morgan fingerprint density at radius 2 is 1.67 bits per heavy atom. The van der Waals surface area contributed by atoms with Crippen LogP contribution >= 0.6 is 15.9 Å². The number of rotatable bonds is 4. The first kappa shape index (κ1) is 16.8. The highest BCUT2D eigenvalue weighted by molar-refractivity contribution is 9.10. The van der Waals surface area contributed by atoms with Crippen molar-refractivity contribution in [3.63, 3.8) is 0 Å². The van der Waals surface area contributed by atoms with Crippen molar-refractivity contribution in [2.75, 3.05) is 0 Å². The molecule has 0 fully saturated rings. The second-order valence-corrected chi connectivity index (χ2v) is 7.61. The molecule has 2 aromatic carbocycles. The third-order valence-corrected chi connectivity index (χ3v) is 5.11. The maximum Gasteiger partial charge on any atom is 0.238 e. The summed E-state index contributed by atoms with van der Waals surface area (Å²) in [4.78, 5) is 0.0614. The van der Waals surface area contributed by atoms with Gasteiger partial charge in [-0.2, -0.15) is 5.10 Å². The zero-order chi connectivity index (χ0) is 17.3. The number of nitrogens with zero attached hydrogens (tertiary/aromatic N) is 2. The molecule has 4 N–H and O–H groups in total. The molecule has 8 heteroatoms. The third-order valence-electron chi connectivity index (χ3n) is 3.60. The monoisotopic (exact) mass is 406 g/mol. The van der Waals surface area contributed by atoms with E-state index in [1.165, 1.54) is 12.1 Å². The third kappa shape index (κ3) is 3.27. The van der Waals surface area contributed by atoms with Crippen LogP contribution in [0.5, 0.6) is 0 Å². The topological polar surface area (TPSA) is 104 Å². The molecule has 0 radical (unpaired) electrons. The lowest BCUT2D eigenvalue weighted by Gasteiger charge is -2.10. The van der Waals surface area contributed by atoms with Gasteiger partial charge >= 0.3 is 0 Å². The van der Waals surface area contributed by atoms with E-state index in [-0.39, 0.29) is 4.90 Å². The van der Waals surface area contributed by atoms with Crippen molar-refractivity contribution < 1.29 is 8.42 Å². The largest absolute Gasteiger partial charge is 0.326 e. The van der Waals surface area contributed by atoms with E-state index in [0.29, 0.717) is 6.54 Å². The molecule has 1 aromatic heterocycles. The molecule has 124 valence electrons. The fourth-order valence-corrected chi connectivity index (χ4v) is 3.36. The molecule has 0 saturated heterocycles. The number of sulfonamides is 1. The van der Waals surface area contributed by atoms with Crippen molar-refractivity contribution in [1.82, 2.24) is 9.78 Å². The van der Waals surface area contributed by atoms with Gasteiger partial charge in [0.15, 0.2) is 0 Å². The number of benzene rings is 2. The normalized spacial score (nSPS) is 11.6. The Morgan fingerprint density at radius 3 is 2.21 bits per heavy atom. The second kappa shape index (κ2) is 6.48. The molecule has 24 heavy (non-hydrogen) atoms. The van der Waals surface area contributed by atoms with E-state index in [4.69, 9.17) is 10.9 Å². The molecule has 6 nitrogen and oxygen atoms in total. The van der Waals surface area contributed by atoms with Gasteiger partial charge in [0, 0.05) is 12.1 Å². The molecule has 3 aromatic rings. The molecule has 0 saturated carbocycles. The molecule has 3 rings (SSSR count). The lowest BCUT2D eigenvalue weighted by atomic mass is 10.1. The molecule has 0 aliphatic heterocycles. The van der Waals surface area contributed by atoms with E-state index in [1.54, 1.807) is 23.0 Å². The summed E-state index contributed by atoms with van der Waals surface area (Å²) in [5, 5.41) is 9.49. The smallest absolute Gasteiger partial charge is 0.238 e. The summed E-state index contributed by atoms with van der Waals surface area (Å²) in [6.45, 7) is 0.482. The van der Waals surface area contributed by atoms with Crippen LogP contribution in [0.3, 0.4) is 0 Å². The Balaban J connectivity index is 2.06. The van der Waals surface area contributed by atoms with Crippen LogP contribution in [0.4, 0.5) is 0 Å². The highest BCUT2D eigenvalue weighted by atomic mass is 79.9. The Morgan fingerprint density at radius 1 is 1.04 bits per heavy atom. The van der Waals surface area contributed by atoms with E-state index >= 15 is 0 Å². The van der Waals surface area contributed by atoms with Crippen molar-refractivity contribution in [3.05, 3.63) is 64.8 Å². The summed E-state index contributed by atoms with van der Waals surface area (Å²) in [6, 6.07) is 14.1. The summed E-state index contributed by atoms with van der Waals surface area (Å²) >= 11 is 3.51. The molecular formula is C16H15BrN4O2S. The van der Waals surface area contributed by atoms with Crippen LogP contribution in [0.15, 0.2) is 64.1 Å². The van der Waals surface area contributed by atoms with Gasteiger partial charge in [0.1, 0.15) is 0 Å². The lowest BCUT2D eigenvalue weighted by molar-refractivity contribution is 0.598. The van der Waals surface area contributed by atoms with Gasteiger partial charge in [0.05, 0.1) is 26.9 Å². The number of nitrogens with two attached hydrogens (primary N) is 2. The van der Waals surface area contributed by atoms with Crippen molar-refractivity contribution >= 4 is 26.0 Å². The Bertz CT molecular complexity index is 964. The minimum Gasteiger partial charge on any atom is -0.326 e. The first-order valence-electron chi connectivity index (χ1n) is 7.06. The maximum atomic E-state index is 11.4. The number of hydrogen-bond acceptors (Lipinski definition) is 4. The molecule has 1 heterocycles. The maximum absolute atomic E-state index is 11.4. The fraction of sp³-hybridized carbons (Fsp3) is 0.0625. The minimum atomic E-state index is -3.72. The van der Waals surface area contributed by atoms with E-state index in [1.807, 2.05) is 24.3 Å². The van der Waals surface area contributed by atoms with Crippen molar-refractivity contribution in [2.45, 2.75) is 11.4 Å². The van der Waals surface area contributed by atoms with Crippen LogP contribution in [0, 0.1) is 0 Å². The zero-order valence-corrected chi connectivity index (χ0v) is 15.0. The average molecular weight is 407 g/mol. The second-order valence-electron chi connectivity index (χ2n) is 5.19. The van der Waals surface area contributed by atoms with E-state index in [9.17, 15) is 8.42 Å². The summed E-state index contributed by atoms with van der Waals surface area (Å²) < 4.78 is 25.3. The quantitative estimate of drug-likeness (QED) is 0.693. The predicted octanol–water partition coefficient (Wildman–Crippen LogP) is 2.41. The Labute approximate surface area is 148 Å². The van der Waals surface area contributed by atoms with Gasteiger partial charge in [-0.3, -0.25) is 0 Å². The summed E-state index contributed by atoms with van der Waals surface area (Å²) in [5.41, 5.74) is 9.23. The molecule has 0 aliphatic carbocycles. The first-order chi connectivity index (χ1) is 11.4. The van der Waals surface area contributed by atoms with Gasteiger partial charge in [-0.05, 0) is 45.8 Å². The number of hydrogen-bond donors (Lipinski definition) is 2. The van der Waals surface area contributed by atoms with Gasteiger partial charge in [0.2, 0.25) is 10.0 Å². The highest BCUT2D eigenvalue weighted by Gasteiger charge is 2.14. The highest BCUT2D eigenvalue weighted by Crippen LogP contribution is 2.30. The summed E-state index contributed by atoms with van der Waals surface area (Å²) in [7, 11) is -3.72. The SMILES string of the molecule is NCc1ccc(-c2c(Br)cnn2-c2ccc(S(N)(=O)=O)cc2)cc1. The van der Waals surface area contributed by atoms with Crippen LogP contribution in [-0.4, -0.2) is 18.2 Å². The van der Waals surface area contributed by atoms with Crippen LogP contribution in [0.2, 0.25) is 0 Å². The molecule has 0 atom stereocenters. The van der Waals surface area contributed by atoms with Crippen LogP contribution in [0.25, 0.3) is 16.9 Å². The number of halogens is 1. The van der Waals surface area contributed by atoms with E-state index in [0.717, 1.165) is 27.0 Å². The van der Waals surface area contributed by atoms with Gasteiger partial charge in [-0.1, -0.05) is 24.3 Å². The molecular weight excluding hydrogens is 392 g/mol. The van der Waals surface area contributed by atoms with Gasteiger partial charge in [0.25, 0.3) is 0 Å². The molecule has 0 bridgehead atoms. The van der Waals surface area contributed by atoms with Crippen LogP contribution in [0.1, 0.15) is 5.56 Å². The Hall–Kier alpha value is -2.00. The number of primary sulfonamides is 1. The van der Waals surface area contributed by atoms with Crippen LogP contribution in [-0.2, 0) is 16.6 Å². The lowest BCUT2D eigenvalue weighted by Crippen LogP contribution is -2.12. The van der Waals surface area contributed by atoms with Gasteiger partial charge in [-0.15, -0.1) is 0 Å². The summed E-state index contributed by atoms with van der Waals surface area (Å²) in [6.07, 6.45) is 1.69. The van der Waals surface area contributed by atoms with Gasteiger partial charge < -0.3 is 5.73 Å². The number of aromatic nitrogens is 2. The fourth-order valence-electron chi connectivity index (χ4n) is 2.36. The molecule has 0 aliphatic rings. The zero-order valence-electron chi connectivity index (χ0n) is 12.6. The van der Waals surface area contributed by atoms with E-state index < -0.39 is 10.0 Å². The minimum absolute atomic E-state index is 0.0614. The molecule has 0 unspecified atom stereocenters. The Kier molecular flexibility index (Phi) is 4.55.